The van der Waals surface area contributed by atoms with Gasteiger partial charge in [-0.15, -0.1) is 0 Å². The smallest absolute Gasteiger partial charge is 0.328 e. The molecule has 2 heterocycles. The van der Waals surface area contributed by atoms with Crippen molar-refractivity contribution in [1.29, 1.82) is 0 Å². The van der Waals surface area contributed by atoms with Gasteiger partial charge in [0.05, 0.1) is 7.11 Å². The monoisotopic (exact) mass is 350 g/mol. The first-order valence-corrected chi connectivity index (χ1v) is 8.54. The number of hydrogen-bond donors (Lipinski definition) is 1. The van der Waals surface area contributed by atoms with Crippen molar-refractivity contribution in [1.82, 2.24) is 9.88 Å². The third-order valence-corrected chi connectivity index (χ3v) is 4.96. The van der Waals surface area contributed by atoms with Gasteiger partial charge in [-0.25, -0.2) is 4.79 Å². The van der Waals surface area contributed by atoms with E-state index in [0.29, 0.717) is 29.4 Å². The van der Waals surface area contributed by atoms with Gasteiger partial charge in [0, 0.05) is 28.4 Å². The van der Waals surface area contributed by atoms with Crippen molar-refractivity contribution in [3.63, 3.8) is 0 Å². The third kappa shape index (κ3) is 2.54. The summed E-state index contributed by atoms with van der Waals surface area (Å²) in [6, 6.07) is 12.1. The first kappa shape index (κ1) is 16.3. The highest BCUT2D eigenvalue weighted by molar-refractivity contribution is 6.08. The fourth-order valence-corrected chi connectivity index (χ4v) is 3.68. The van der Waals surface area contributed by atoms with Gasteiger partial charge in [-0.05, 0) is 36.4 Å². The Kier molecular flexibility index (Phi) is 3.95. The molecule has 0 unspecified atom stereocenters. The van der Waals surface area contributed by atoms with Crippen molar-refractivity contribution in [2.24, 2.45) is 0 Å². The molecule has 1 amide bonds. The second-order valence-electron chi connectivity index (χ2n) is 6.44. The van der Waals surface area contributed by atoms with E-state index in [1.807, 2.05) is 24.3 Å². The van der Waals surface area contributed by atoms with Crippen LogP contribution >= 0.6 is 0 Å². The molecule has 6 heteroatoms. The van der Waals surface area contributed by atoms with E-state index in [-0.39, 0.29) is 11.5 Å². The molecular formula is C20H18N2O4. The maximum atomic E-state index is 12.9. The fraction of sp³-hybridized carbons (Fsp3) is 0.250. The molecule has 0 spiro atoms. The summed E-state index contributed by atoms with van der Waals surface area (Å²) < 4.78 is 4.80. The average molecular weight is 350 g/mol. The third-order valence-electron chi connectivity index (χ3n) is 4.96. The van der Waals surface area contributed by atoms with E-state index in [1.54, 1.807) is 23.1 Å². The first-order chi connectivity index (χ1) is 12.6. The number of H-pyrrole nitrogens is 1. The highest BCUT2D eigenvalue weighted by Gasteiger charge is 2.35. The van der Waals surface area contributed by atoms with Crippen molar-refractivity contribution in [2.75, 3.05) is 13.7 Å². The van der Waals surface area contributed by atoms with Crippen LogP contribution in [0, 0.1) is 0 Å². The number of aromatic amines is 1. The number of pyridine rings is 1. The van der Waals surface area contributed by atoms with Crippen LogP contribution in [-0.4, -0.2) is 41.5 Å². The van der Waals surface area contributed by atoms with Gasteiger partial charge in [0.1, 0.15) is 6.04 Å². The predicted molar refractivity (Wildman–Crippen MR) is 98.1 cm³/mol. The maximum Gasteiger partial charge on any atom is 0.328 e. The Balaban J connectivity index is 1.78. The van der Waals surface area contributed by atoms with Crippen LogP contribution in [0.3, 0.4) is 0 Å². The topological polar surface area (TPSA) is 79.5 Å². The Morgan fingerprint density at radius 3 is 2.65 bits per heavy atom. The minimum absolute atomic E-state index is 0.189. The minimum atomic E-state index is -0.543. The van der Waals surface area contributed by atoms with E-state index < -0.39 is 12.0 Å². The second kappa shape index (κ2) is 6.29. The Morgan fingerprint density at radius 1 is 1.12 bits per heavy atom. The number of benzene rings is 2. The lowest BCUT2D eigenvalue weighted by atomic mass is 10.0. The lowest BCUT2D eigenvalue weighted by Gasteiger charge is -2.22. The van der Waals surface area contributed by atoms with Crippen molar-refractivity contribution < 1.29 is 14.3 Å². The number of likely N-dealkylation sites (tertiary alicyclic amines) is 1. The molecule has 0 aliphatic carbocycles. The molecule has 1 aliphatic rings. The predicted octanol–water partition coefficient (Wildman–Crippen LogP) is 2.46. The summed E-state index contributed by atoms with van der Waals surface area (Å²) in [5.41, 5.74) is 0.860. The normalized spacial score (nSPS) is 17.0. The molecule has 1 aliphatic heterocycles. The summed E-state index contributed by atoms with van der Waals surface area (Å²) in [5.74, 6) is -0.621. The number of ether oxygens (including phenoxy) is 1. The summed E-state index contributed by atoms with van der Waals surface area (Å²) >= 11 is 0. The lowest BCUT2D eigenvalue weighted by Crippen LogP contribution is -2.41. The molecule has 1 N–H and O–H groups in total. The number of fused-ring (bicyclic) bond motifs is 3. The number of esters is 1. The Bertz CT molecular complexity index is 1090. The highest BCUT2D eigenvalue weighted by atomic mass is 16.5. The average Bonchev–Trinajstić information content (AvgIpc) is 3.16. The number of hydrogen-bond acceptors (Lipinski definition) is 4. The summed E-state index contributed by atoms with van der Waals surface area (Å²) in [6.07, 6.45) is 1.37. The van der Waals surface area contributed by atoms with Gasteiger partial charge in [-0.2, -0.15) is 0 Å². The molecule has 1 saturated heterocycles. The van der Waals surface area contributed by atoms with Gasteiger partial charge < -0.3 is 14.6 Å². The van der Waals surface area contributed by atoms with E-state index in [2.05, 4.69) is 4.98 Å². The van der Waals surface area contributed by atoms with Crippen molar-refractivity contribution in [2.45, 2.75) is 18.9 Å². The van der Waals surface area contributed by atoms with Crippen LogP contribution < -0.4 is 5.56 Å². The molecule has 6 nitrogen and oxygen atoms in total. The van der Waals surface area contributed by atoms with Gasteiger partial charge in [0.25, 0.3) is 11.5 Å². The molecule has 0 saturated carbocycles. The van der Waals surface area contributed by atoms with Crippen LogP contribution in [-0.2, 0) is 9.53 Å². The number of methoxy groups -OCH3 is 1. The minimum Gasteiger partial charge on any atom is -0.467 e. The van der Waals surface area contributed by atoms with Gasteiger partial charge in [-0.3, -0.25) is 9.59 Å². The number of amides is 1. The molecule has 26 heavy (non-hydrogen) atoms. The van der Waals surface area contributed by atoms with Gasteiger partial charge in [0.15, 0.2) is 0 Å². The molecular weight excluding hydrogens is 332 g/mol. The molecule has 3 aromatic rings. The number of nitrogens with one attached hydrogen (secondary N) is 1. The van der Waals surface area contributed by atoms with Crippen LogP contribution in [0.1, 0.15) is 23.2 Å². The largest absolute Gasteiger partial charge is 0.467 e. The van der Waals surface area contributed by atoms with E-state index in [4.69, 9.17) is 4.74 Å². The maximum absolute atomic E-state index is 12.9. The summed E-state index contributed by atoms with van der Waals surface area (Å²) in [4.78, 5) is 41.5. The molecule has 0 bridgehead atoms. The highest BCUT2D eigenvalue weighted by Crippen LogP contribution is 2.25. The van der Waals surface area contributed by atoms with Crippen LogP contribution in [0.15, 0.2) is 47.3 Å². The van der Waals surface area contributed by atoms with Crippen LogP contribution in [0.25, 0.3) is 21.7 Å². The standard InChI is InChI=1S/C20H18N2O4/c1-26-20(25)17-7-4-10-22(17)19(24)12-8-9-14-13-5-2-3-6-15(13)18(23)21-16(14)11-12/h2-3,5-6,8-9,11,17H,4,7,10H2,1H3,(H,21,23)/t17-/m0/s1. The zero-order valence-corrected chi connectivity index (χ0v) is 14.3. The molecule has 0 radical (unpaired) electrons. The SMILES string of the molecule is COC(=O)[C@@H]1CCCN1C(=O)c1ccc2c(c1)[nH]c(=O)c1ccccc12. The quantitative estimate of drug-likeness (QED) is 0.569. The number of carbonyl (C=O) groups is 2. The second-order valence-corrected chi connectivity index (χ2v) is 6.44. The molecule has 4 rings (SSSR count). The zero-order chi connectivity index (χ0) is 18.3. The van der Waals surface area contributed by atoms with Crippen molar-refractivity contribution >= 4 is 33.6 Å². The number of rotatable bonds is 2. The van der Waals surface area contributed by atoms with Gasteiger partial charge in [0.2, 0.25) is 0 Å². The van der Waals surface area contributed by atoms with Crippen LogP contribution in [0.4, 0.5) is 0 Å². The molecule has 1 atom stereocenters. The van der Waals surface area contributed by atoms with Crippen molar-refractivity contribution in [3.05, 3.63) is 58.4 Å². The molecule has 2 aromatic carbocycles. The molecule has 1 aromatic heterocycles. The number of nitrogens with zero attached hydrogens (tertiary/aromatic N) is 1. The van der Waals surface area contributed by atoms with Crippen molar-refractivity contribution in [3.8, 4) is 0 Å². The van der Waals surface area contributed by atoms with Crippen LogP contribution in [0.2, 0.25) is 0 Å². The Hall–Kier alpha value is -3.15. The van der Waals surface area contributed by atoms with Crippen LogP contribution in [0.5, 0.6) is 0 Å². The van der Waals surface area contributed by atoms with Gasteiger partial charge >= 0.3 is 5.97 Å². The fourth-order valence-electron chi connectivity index (χ4n) is 3.68. The van der Waals surface area contributed by atoms with E-state index in [9.17, 15) is 14.4 Å². The Labute approximate surface area is 149 Å². The summed E-state index contributed by atoms with van der Waals surface area (Å²) in [6.45, 7) is 0.519. The zero-order valence-electron chi connectivity index (χ0n) is 14.3. The summed E-state index contributed by atoms with van der Waals surface area (Å²) in [7, 11) is 1.33. The summed E-state index contributed by atoms with van der Waals surface area (Å²) in [5, 5.41) is 2.34. The Morgan fingerprint density at radius 2 is 1.88 bits per heavy atom. The van der Waals surface area contributed by atoms with E-state index in [1.165, 1.54) is 7.11 Å². The number of aromatic nitrogens is 1. The van der Waals surface area contributed by atoms with E-state index in [0.717, 1.165) is 17.2 Å². The first-order valence-electron chi connectivity index (χ1n) is 8.54. The number of carbonyl (C=O) groups excluding carboxylic acids is 2. The van der Waals surface area contributed by atoms with E-state index >= 15 is 0 Å². The lowest BCUT2D eigenvalue weighted by molar-refractivity contribution is -0.145. The molecule has 132 valence electrons. The van der Waals surface area contributed by atoms with Gasteiger partial charge in [-0.1, -0.05) is 24.3 Å². The molecule has 1 fully saturated rings.